The maximum atomic E-state index is 12.7. The Morgan fingerprint density at radius 1 is 1.16 bits per heavy atom. The molecule has 11 nitrogen and oxygen atoms in total. The normalized spacial score (nSPS) is 20.6. The quantitative estimate of drug-likeness (QED) is 0.539. The Kier molecular flexibility index (Phi) is 6.21. The van der Waals surface area contributed by atoms with Crippen LogP contribution in [0.2, 0.25) is 0 Å². The molecule has 1 N–H and O–H groups in total. The van der Waals surface area contributed by atoms with Crippen LogP contribution in [0, 0.1) is 0 Å². The van der Waals surface area contributed by atoms with Crippen LogP contribution in [0.15, 0.2) is 46.2 Å². The molecule has 12 heteroatoms. The number of piperidine rings is 1. The lowest BCUT2D eigenvalue weighted by atomic mass is 10.0. The summed E-state index contributed by atoms with van der Waals surface area (Å²) in [5, 5.41) is 2.87. The van der Waals surface area contributed by atoms with Crippen LogP contribution in [0.25, 0.3) is 11.2 Å². The second-order valence-electron chi connectivity index (χ2n) is 9.33. The first-order valence-corrected chi connectivity index (χ1v) is 13.2. The van der Waals surface area contributed by atoms with Gasteiger partial charge in [-0.15, -0.1) is 11.8 Å². The fourth-order valence-corrected chi connectivity index (χ4v) is 5.96. The monoisotopic (exact) mass is 522 g/mol. The Bertz CT molecular complexity index is 1440. The van der Waals surface area contributed by atoms with E-state index in [4.69, 9.17) is 9.47 Å². The van der Waals surface area contributed by atoms with E-state index in [-0.39, 0.29) is 29.7 Å². The third-order valence-electron chi connectivity index (χ3n) is 6.98. The zero-order valence-electron chi connectivity index (χ0n) is 20.3. The number of hydrogen-bond donors (Lipinski definition) is 1. The molecule has 2 amide bonds. The van der Waals surface area contributed by atoms with Gasteiger partial charge in [-0.3, -0.25) is 24.0 Å². The molecule has 2 fully saturated rings. The number of amides is 2. The topological polar surface area (TPSA) is 119 Å². The first kappa shape index (κ1) is 23.7. The van der Waals surface area contributed by atoms with Crippen molar-refractivity contribution < 1.29 is 19.1 Å². The van der Waals surface area contributed by atoms with Crippen molar-refractivity contribution in [2.75, 3.05) is 49.3 Å². The van der Waals surface area contributed by atoms with Gasteiger partial charge in [0.2, 0.25) is 11.8 Å². The number of anilines is 2. The van der Waals surface area contributed by atoms with Crippen LogP contribution < -0.4 is 20.5 Å². The molecule has 3 aromatic rings. The summed E-state index contributed by atoms with van der Waals surface area (Å²) in [6.45, 7) is 2.59. The predicted molar refractivity (Wildman–Crippen MR) is 138 cm³/mol. The standard InChI is InChI=1S/C25H26N6O5S/c1-35-22-5-3-18-24(28-22)31(23(33)11-26-18)15-6-8-29(9-7-15)12-17-13-30(25(34)36-17)16-2-4-20-19(10-16)27-21(32)14-37-20/h2-5,10-11,15,17H,6-9,12-14H2,1H3,(H,27,32)/t17-/m1/s1. The van der Waals surface area contributed by atoms with Crippen molar-refractivity contribution in [3.63, 3.8) is 0 Å². The first-order chi connectivity index (χ1) is 18.0. The highest BCUT2D eigenvalue weighted by Gasteiger charge is 2.35. The molecular weight excluding hydrogens is 496 g/mol. The average molecular weight is 523 g/mol. The molecule has 0 unspecified atom stereocenters. The van der Waals surface area contributed by atoms with Gasteiger partial charge in [-0.2, -0.15) is 4.98 Å². The summed E-state index contributed by atoms with van der Waals surface area (Å²) in [4.78, 5) is 50.7. The number of hydrogen-bond acceptors (Lipinski definition) is 9. The number of carbonyl (C=O) groups excluding carboxylic acids is 2. The number of ether oxygens (including phenoxy) is 2. The Morgan fingerprint density at radius 3 is 2.81 bits per heavy atom. The number of pyridine rings is 1. The lowest BCUT2D eigenvalue weighted by Crippen LogP contribution is -2.42. The number of methoxy groups -OCH3 is 1. The van der Waals surface area contributed by atoms with Gasteiger partial charge in [-0.25, -0.2) is 9.78 Å². The van der Waals surface area contributed by atoms with Gasteiger partial charge in [0, 0.05) is 42.3 Å². The second kappa shape index (κ2) is 9.67. The number of benzene rings is 1. The third-order valence-corrected chi connectivity index (χ3v) is 8.06. The van der Waals surface area contributed by atoms with Crippen LogP contribution in [0.5, 0.6) is 5.88 Å². The highest BCUT2D eigenvalue weighted by Crippen LogP contribution is 2.35. The lowest BCUT2D eigenvalue weighted by Gasteiger charge is -2.33. The zero-order valence-corrected chi connectivity index (χ0v) is 21.1. The molecule has 3 aliphatic rings. The van der Waals surface area contributed by atoms with Crippen LogP contribution in [-0.2, 0) is 9.53 Å². The summed E-state index contributed by atoms with van der Waals surface area (Å²) in [6, 6.07) is 9.18. The van der Waals surface area contributed by atoms with E-state index < -0.39 is 0 Å². The van der Waals surface area contributed by atoms with Crippen molar-refractivity contribution in [2.24, 2.45) is 0 Å². The summed E-state index contributed by atoms with van der Waals surface area (Å²) >= 11 is 1.49. The Balaban J connectivity index is 1.10. The van der Waals surface area contributed by atoms with E-state index >= 15 is 0 Å². The van der Waals surface area contributed by atoms with Crippen molar-refractivity contribution in [1.82, 2.24) is 19.4 Å². The first-order valence-electron chi connectivity index (χ1n) is 12.2. The Hall–Kier alpha value is -3.64. The van der Waals surface area contributed by atoms with Crippen molar-refractivity contribution in [1.29, 1.82) is 0 Å². The van der Waals surface area contributed by atoms with Gasteiger partial charge < -0.3 is 14.8 Å². The number of fused-ring (bicyclic) bond motifs is 2. The molecule has 5 heterocycles. The minimum absolute atomic E-state index is 0.0000543. The number of cyclic esters (lactones) is 1. The van der Waals surface area contributed by atoms with Gasteiger partial charge in [0.25, 0.3) is 5.56 Å². The SMILES string of the molecule is COc1ccc2ncc(=O)n(C3CCN(C[C@@H]4CN(c5ccc6c(c5)NC(=O)CS6)C(=O)O4)CC3)c2n1. The molecule has 1 atom stereocenters. The molecular formula is C25H26N6O5S. The fraction of sp³-hybridized carbons (Fsp3) is 0.400. The minimum atomic E-state index is -0.385. The van der Waals surface area contributed by atoms with Crippen LogP contribution in [-0.4, -0.2) is 76.6 Å². The van der Waals surface area contributed by atoms with Gasteiger partial charge in [0.15, 0.2) is 5.65 Å². The molecule has 2 saturated heterocycles. The molecule has 0 radical (unpaired) electrons. The fourth-order valence-electron chi connectivity index (χ4n) is 5.17. The zero-order chi connectivity index (χ0) is 25.5. The van der Waals surface area contributed by atoms with E-state index in [2.05, 4.69) is 20.2 Å². The number of rotatable bonds is 5. The van der Waals surface area contributed by atoms with Crippen LogP contribution in [0.3, 0.4) is 0 Å². The molecule has 0 bridgehead atoms. The minimum Gasteiger partial charge on any atom is -0.481 e. The number of thioether (sulfide) groups is 1. The summed E-state index contributed by atoms with van der Waals surface area (Å²) < 4.78 is 12.7. The van der Waals surface area contributed by atoms with Crippen LogP contribution in [0.1, 0.15) is 18.9 Å². The van der Waals surface area contributed by atoms with Crippen LogP contribution >= 0.6 is 11.8 Å². The van der Waals surface area contributed by atoms with E-state index in [1.807, 2.05) is 24.3 Å². The van der Waals surface area contributed by atoms with Crippen molar-refractivity contribution in [2.45, 2.75) is 29.9 Å². The van der Waals surface area contributed by atoms with Gasteiger partial charge in [0.1, 0.15) is 11.6 Å². The maximum absolute atomic E-state index is 12.7. The van der Waals surface area contributed by atoms with Gasteiger partial charge in [-0.05, 0) is 37.1 Å². The second-order valence-corrected chi connectivity index (χ2v) is 10.3. The van der Waals surface area contributed by atoms with Crippen molar-refractivity contribution >= 4 is 46.3 Å². The largest absolute Gasteiger partial charge is 0.481 e. The smallest absolute Gasteiger partial charge is 0.414 e. The van der Waals surface area contributed by atoms with Crippen molar-refractivity contribution in [3.05, 3.63) is 46.9 Å². The van der Waals surface area contributed by atoms with Gasteiger partial charge >= 0.3 is 6.09 Å². The number of aromatic nitrogens is 3. The van der Waals surface area contributed by atoms with Gasteiger partial charge in [-0.1, -0.05) is 0 Å². The third kappa shape index (κ3) is 4.62. The van der Waals surface area contributed by atoms with E-state index in [1.165, 1.54) is 18.0 Å². The number of nitrogens with zero attached hydrogens (tertiary/aromatic N) is 5. The Morgan fingerprint density at radius 2 is 2.00 bits per heavy atom. The lowest BCUT2D eigenvalue weighted by molar-refractivity contribution is -0.113. The highest BCUT2D eigenvalue weighted by atomic mass is 32.2. The molecule has 1 aromatic carbocycles. The summed E-state index contributed by atoms with van der Waals surface area (Å²) in [5.41, 5.74) is 2.45. The number of likely N-dealkylation sites (tertiary alicyclic amines) is 1. The Labute approximate surface area is 216 Å². The molecule has 37 heavy (non-hydrogen) atoms. The van der Waals surface area contributed by atoms with Crippen LogP contribution in [0.4, 0.5) is 16.2 Å². The van der Waals surface area contributed by atoms with E-state index in [1.54, 1.807) is 22.6 Å². The molecule has 3 aliphatic heterocycles. The van der Waals surface area contributed by atoms with E-state index in [0.29, 0.717) is 41.6 Å². The highest BCUT2D eigenvalue weighted by molar-refractivity contribution is 8.00. The molecule has 192 valence electrons. The average Bonchev–Trinajstić information content (AvgIpc) is 3.28. The summed E-state index contributed by atoms with van der Waals surface area (Å²) in [5.74, 6) is 0.795. The molecule has 0 saturated carbocycles. The van der Waals surface area contributed by atoms with Crippen molar-refractivity contribution in [3.8, 4) is 5.88 Å². The summed E-state index contributed by atoms with van der Waals surface area (Å²) in [6.07, 6.45) is 2.23. The number of carbonyl (C=O) groups is 2. The summed E-state index contributed by atoms with van der Waals surface area (Å²) in [7, 11) is 1.55. The van der Waals surface area contributed by atoms with Gasteiger partial charge in [0.05, 0.1) is 31.3 Å². The molecule has 2 aromatic heterocycles. The molecule has 6 rings (SSSR count). The maximum Gasteiger partial charge on any atom is 0.414 e. The van der Waals surface area contributed by atoms with E-state index in [0.717, 1.165) is 36.5 Å². The predicted octanol–water partition coefficient (Wildman–Crippen LogP) is 2.51. The van der Waals surface area contributed by atoms with E-state index in [9.17, 15) is 14.4 Å². The molecule has 0 aliphatic carbocycles. The number of nitrogens with one attached hydrogen (secondary N) is 1. The molecule has 0 spiro atoms.